The topological polar surface area (TPSA) is 21.3 Å². The molecule has 0 aliphatic rings. The summed E-state index contributed by atoms with van der Waals surface area (Å²) in [5.41, 5.74) is 0.614. The third-order valence-corrected chi connectivity index (χ3v) is 4.44. The van der Waals surface area contributed by atoms with Gasteiger partial charge in [-0.3, -0.25) is 0 Å². The van der Waals surface area contributed by atoms with E-state index in [1.165, 1.54) is 21.9 Å². The molecule has 0 bridgehead atoms. The molecule has 0 fully saturated rings. The Labute approximate surface area is 131 Å². The molecule has 21 heavy (non-hydrogen) atoms. The zero-order chi connectivity index (χ0) is 15.4. The van der Waals surface area contributed by atoms with Crippen molar-refractivity contribution in [1.82, 2.24) is 5.32 Å². The number of rotatable bonds is 6. The standard InChI is InChI=1S/C15H16ClF2NOS/c1-9-3-6-14(21-9)10(2)19-8-11-7-12(16)4-5-13(11)20-15(17)18/h3-7,10,15,19H,8H2,1-2H3. The monoisotopic (exact) mass is 331 g/mol. The molecule has 1 aromatic heterocycles. The second-order valence-corrected chi connectivity index (χ2v) is 6.44. The Kier molecular flexibility index (Phi) is 5.56. The molecule has 1 N–H and O–H groups in total. The molecule has 114 valence electrons. The van der Waals surface area contributed by atoms with Crippen LogP contribution in [0.15, 0.2) is 30.3 Å². The van der Waals surface area contributed by atoms with E-state index in [9.17, 15) is 8.78 Å². The molecule has 0 radical (unpaired) electrons. The van der Waals surface area contributed by atoms with Crippen molar-refractivity contribution >= 4 is 22.9 Å². The van der Waals surface area contributed by atoms with Gasteiger partial charge in [-0.2, -0.15) is 8.78 Å². The average Bonchev–Trinajstić information content (AvgIpc) is 2.85. The number of halogens is 3. The molecule has 1 unspecified atom stereocenters. The van der Waals surface area contributed by atoms with Crippen LogP contribution in [0.2, 0.25) is 5.02 Å². The predicted octanol–water partition coefficient (Wildman–Crippen LogP) is 5.16. The summed E-state index contributed by atoms with van der Waals surface area (Å²) in [6, 6.07) is 8.88. The fraction of sp³-hybridized carbons (Fsp3) is 0.333. The minimum atomic E-state index is -2.85. The van der Waals surface area contributed by atoms with Crippen molar-refractivity contribution in [2.75, 3.05) is 0 Å². The Hall–Kier alpha value is -1.17. The number of hydrogen-bond acceptors (Lipinski definition) is 3. The lowest BCUT2D eigenvalue weighted by atomic mass is 10.2. The first-order valence-electron chi connectivity index (χ1n) is 6.48. The van der Waals surface area contributed by atoms with E-state index in [4.69, 9.17) is 11.6 Å². The summed E-state index contributed by atoms with van der Waals surface area (Å²) < 4.78 is 29.3. The highest BCUT2D eigenvalue weighted by Crippen LogP contribution is 2.26. The normalized spacial score (nSPS) is 12.7. The van der Waals surface area contributed by atoms with Crippen LogP contribution in [-0.2, 0) is 6.54 Å². The van der Waals surface area contributed by atoms with Gasteiger partial charge < -0.3 is 10.1 Å². The van der Waals surface area contributed by atoms with Crippen molar-refractivity contribution < 1.29 is 13.5 Å². The minimum absolute atomic E-state index is 0.127. The second-order valence-electron chi connectivity index (χ2n) is 4.68. The van der Waals surface area contributed by atoms with Crippen LogP contribution in [-0.4, -0.2) is 6.61 Å². The molecular weight excluding hydrogens is 316 g/mol. The number of nitrogens with one attached hydrogen (secondary N) is 1. The lowest BCUT2D eigenvalue weighted by Gasteiger charge is -2.15. The maximum Gasteiger partial charge on any atom is 0.387 e. The Bertz CT molecular complexity index is 603. The van der Waals surface area contributed by atoms with Crippen molar-refractivity contribution in [3.63, 3.8) is 0 Å². The molecule has 0 saturated heterocycles. The lowest BCUT2D eigenvalue weighted by Crippen LogP contribution is -2.18. The van der Waals surface area contributed by atoms with Crippen LogP contribution in [0.1, 0.15) is 28.3 Å². The van der Waals surface area contributed by atoms with Crippen LogP contribution in [0.4, 0.5) is 8.78 Å². The molecule has 1 aromatic carbocycles. The van der Waals surface area contributed by atoms with Gasteiger partial charge in [-0.1, -0.05) is 11.6 Å². The van der Waals surface area contributed by atoms with Gasteiger partial charge in [-0.15, -0.1) is 11.3 Å². The Balaban J connectivity index is 2.06. The number of ether oxygens (including phenoxy) is 1. The first-order valence-corrected chi connectivity index (χ1v) is 7.68. The van der Waals surface area contributed by atoms with E-state index in [0.29, 0.717) is 17.1 Å². The van der Waals surface area contributed by atoms with Gasteiger partial charge >= 0.3 is 6.61 Å². The van der Waals surface area contributed by atoms with E-state index < -0.39 is 6.61 Å². The molecule has 0 aliphatic heterocycles. The second kappa shape index (κ2) is 7.20. The third kappa shape index (κ3) is 4.66. The largest absolute Gasteiger partial charge is 0.434 e. The molecule has 1 heterocycles. The Morgan fingerprint density at radius 3 is 2.67 bits per heavy atom. The molecule has 6 heteroatoms. The minimum Gasteiger partial charge on any atom is -0.434 e. The van der Waals surface area contributed by atoms with Gasteiger partial charge in [0.2, 0.25) is 0 Å². The fourth-order valence-electron chi connectivity index (χ4n) is 1.95. The van der Waals surface area contributed by atoms with E-state index in [1.54, 1.807) is 17.4 Å². The number of hydrogen-bond donors (Lipinski definition) is 1. The molecule has 0 aliphatic carbocycles. The Morgan fingerprint density at radius 1 is 1.29 bits per heavy atom. The highest BCUT2D eigenvalue weighted by atomic mass is 35.5. The zero-order valence-corrected chi connectivity index (χ0v) is 13.3. The predicted molar refractivity (Wildman–Crippen MR) is 82.4 cm³/mol. The molecule has 0 saturated carbocycles. The maximum atomic E-state index is 12.4. The number of aryl methyl sites for hydroxylation is 1. The SMILES string of the molecule is Cc1ccc(C(C)NCc2cc(Cl)ccc2OC(F)F)s1. The van der Waals surface area contributed by atoms with Crippen molar-refractivity contribution in [2.24, 2.45) is 0 Å². The van der Waals surface area contributed by atoms with E-state index in [0.717, 1.165) is 0 Å². The molecule has 0 amide bonds. The van der Waals surface area contributed by atoms with Crippen LogP contribution >= 0.6 is 22.9 Å². The van der Waals surface area contributed by atoms with Crippen molar-refractivity contribution in [1.29, 1.82) is 0 Å². The molecule has 2 rings (SSSR count). The quantitative estimate of drug-likeness (QED) is 0.789. The zero-order valence-electron chi connectivity index (χ0n) is 11.7. The number of benzene rings is 1. The lowest BCUT2D eigenvalue weighted by molar-refractivity contribution is -0.0505. The van der Waals surface area contributed by atoms with Crippen molar-refractivity contribution in [3.05, 3.63) is 50.7 Å². The number of alkyl halides is 2. The summed E-state index contributed by atoms with van der Waals surface area (Å²) in [4.78, 5) is 2.44. The maximum absolute atomic E-state index is 12.4. The van der Waals surface area contributed by atoms with Crippen molar-refractivity contribution in [2.45, 2.75) is 33.0 Å². The summed E-state index contributed by atoms with van der Waals surface area (Å²) in [5.74, 6) is 0.150. The molecule has 1 atom stereocenters. The third-order valence-electron chi connectivity index (χ3n) is 3.03. The summed E-state index contributed by atoms with van der Waals surface area (Å²) in [7, 11) is 0. The summed E-state index contributed by atoms with van der Waals surface area (Å²) in [6.07, 6.45) is 0. The van der Waals surface area contributed by atoms with Crippen molar-refractivity contribution in [3.8, 4) is 5.75 Å². The summed E-state index contributed by atoms with van der Waals surface area (Å²) in [6.45, 7) is 1.64. The Morgan fingerprint density at radius 2 is 2.05 bits per heavy atom. The van der Waals surface area contributed by atoms with E-state index in [-0.39, 0.29) is 11.8 Å². The van der Waals surface area contributed by atoms with Gasteiger partial charge in [0.25, 0.3) is 0 Å². The van der Waals surface area contributed by atoms with Crippen LogP contribution < -0.4 is 10.1 Å². The first-order chi connectivity index (χ1) is 9.95. The van der Waals surface area contributed by atoms with E-state index in [1.807, 2.05) is 13.8 Å². The average molecular weight is 332 g/mol. The fourth-order valence-corrected chi connectivity index (χ4v) is 3.05. The highest BCUT2D eigenvalue weighted by molar-refractivity contribution is 7.12. The first kappa shape index (κ1) is 16.2. The summed E-state index contributed by atoms with van der Waals surface area (Å²) >= 11 is 7.63. The van der Waals surface area contributed by atoms with Crippen LogP contribution in [0, 0.1) is 6.92 Å². The van der Waals surface area contributed by atoms with E-state index in [2.05, 4.69) is 22.2 Å². The highest BCUT2D eigenvalue weighted by Gasteiger charge is 2.12. The van der Waals surface area contributed by atoms with Gasteiger partial charge in [0.1, 0.15) is 5.75 Å². The van der Waals surface area contributed by atoms with Gasteiger partial charge in [0.15, 0.2) is 0 Å². The number of thiophene rings is 1. The molecular formula is C15H16ClF2NOS. The summed E-state index contributed by atoms with van der Waals surface area (Å²) in [5, 5.41) is 3.79. The van der Waals surface area contributed by atoms with Gasteiger partial charge in [-0.25, -0.2) is 0 Å². The van der Waals surface area contributed by atoms with Crippen LogP contribution in [0.25, 0.3) is 0 Å². The van der Waals surface area contributed by atoms with E-state index >= 15 is 0 Å². The molecule has 2 aromatic rings. The van der Waals surface area contributed by atoms with Crippen LogP contribution in [0.3, 0.4) is 0 Å². The van der Waals surface area contributed by atoms with Gasteiger partial charge in [-0.05, 0) is 44.2 Å². The van der Waals surface area contributed by atoms with Gasteiger partial charge in [0, 0.05) is 32.9 Å². The smallest absolute Gasteiger partial charge is 0.387 e. The molecule has 0 spiro atoms. The molecule has 2 nitrogen and oxygen atoms in total. The van der Waals surface area contributed by atoms with Gasteiger partial charge in [0.05, 0.1) is 0 Å². The van der Waals surface area contributed by atoms with Crippen LogP contribution in [0.5, 0.6) is 5.75 Å².